The Morgan fingerprint density at radius 3 is 2.37 bits per heavy atom. The summed E-state index contributed by atoms with van der Waals surface area (Å²) in [5.74, 6) is 0.158. The molecule has 1 unspecified atom stereocenters. The number of nitrogens with one attached hydrogen (secondary N) is 1. The standard InChI is InChI=1S/C19H27N3O5S3/c1-18(2,3)26-15(23)21-22(29-17(24)27-19(4,5)6)11-12-30(25)16-20-13-9-7-8-10-14(13)28-16/h7-10H,11-12H2,1-6H3,(H,21,23). The van der Waals surface area contributed by atoms with Crippen LogP contribution in [0, 0.1) is 0 Å². The number of hydrogen-bond donors (Lipinski definition) is 1. The van der Waals surface area contributed by atoms with Crippen molar-refractivity contribution < 1.29 is 23.3 Å². The molecule has 0 saturated heterocycles. The van der Waals surface area contributed by atoms with Gasteiger partial charge in [-0.15, -0.1) is 11.3 Å². The number of amides is 1. The highest BCUT2D eigenvalue weighted by molar-refractivity contribution is 8.11. The molecular weight excluding hydrogens is 446 g/mol. The van der Waals surface area contributed by atoms with Crippen LogP contribution in [0.25, 0.3) is 10.2 Å². The normalized spacial score (nSPS) is 13.3. The molecule has 0 radical (unpaired) electrons. The Bertz CT molecular complexity index is 855. The van der Waals surface area contributed by atoms with E-state index in [1.807, 2.05) is 24.3 Å². The maximum atomic E-state index is 12.7. The molecule has 11 heteroatoms. The average molecular weight is 474 g/mol. The van der Waals surface area contributed by atoms with Gasteiger partial charge in [0.1, 0.15) is 11.2 Å². The van der Waals surface area contributed by atoms with Crippen molar-refractivity contribution in [3.8, 4) is 0 Å². The van der Waals surface area contributed by atoms with Gasteiger partial charge in [0, 0.05) is 12.3 Å². The molecule has 1 atom stereocenters. The highest BCUT2D eigenvalue weighted by atomic mass is 32.2. The Balaban J connectivity index is 2.03. The molecule has 0 bridgehead atoms. The number of ether oxygens (including phenoxy) is 2. The molecule has 0 spiro atoms. The molecule has 0 saturated carbocycles. The number of thiazole rings is 1. The Labute approximate surface area is 187 Å². The van der Waals surface area contributed by atoms with Crippen molar-refractivity contribution in [2.75, 3.05) is 12.3 Å². The number of benzene rings is 1. The Morgan fingerprint density at radius 2 is 1.77 bits per heavy atom. The lowest BCUT2D eigenvalue weighted by atomic mass is 10.2. The molecule has 0 aliphatic rings. The summed E-state index contributed by atoms with van der Waals surface area (Å²) in [7, 11) is -1.40. The van der Waals surface area contributed by atoms with Gasteiger partial charge < -0.3 is 9.47 Å². The lowest BCUT2D eigenvalue weighted by molar-refractivity contribution is 0.0439. The van der Waals surface area contributed by atoms with E-state index >= 15 is 0 Å². The molecule has 8 nitrogen and oxygen atoms in total. The van der Waals surface area contributed by atoms with Crippen molar-refractivity contribution in [3.05, 3.63) is 24.3 Å². The van der Waals surface area contributed by atoms with Gasteiger partial charge in [-0.1, -0.05) is 12.1 Å². The maximum Gasteiger partial charge on any atom is 0.423 e. The third-order valence-corrected chi connectivity index (χ3v) is 6.54. The summed E-state index contributed by atoms with van der Waals surface area (Å²) in [6.07, 6.45) is -0.718. The first-order chi connectivity index (χ1) is 13.8. The predicted molar refractivity (Wildman–Crippen MR) is 121 cm³/mol. The molecule has 30 heavy (non-hydrogen) atoms. The van der Waals surface area contributed by atoms with Gasteiger partial charge in [-0.05, 0) is 53.7 Å². The van der Waals surface area contributed by atoms with Crippen LogP contribution in [0.1, 0.15) is 41.5 Å². The summed E-state index contributed by atoms with van der Waals surface area (Å²) in [5.41, 5.74) is 1.92. The van der Waals surface area contributed by atoms with Crippen molar-refractivity contribution in [1.29, 1.82) is 0 Å². The molecule has 0 aliphatic heterocycles. The number of nitrogens with zero attached hydrogens (tertiary/aromatic N) is 2. The second-order valence-electron chi connectivity index (χ2n) is 8.27. The largest absolute Gasteiger partial charge is 0.451 e. The first-order valence-electron chi connectivity index (χ1n) is 9.24. The minimum atomic E-state index is -1.40. The van der Waals surface area contributed by atoms with Gasteiger partial charge in [0.15, 0.2) is 4.34 Å². The third-order valence-electron chi connectivity index (χ3n) is 3.14. The summed E-state index contributed by atoms with van der Waals surface area (Å²) >= 11 is 2.04. The highest BCUT2D eigenvalue weighted by Gasteiger charge is 2.24. The Morgan fingerprint density at radius 1 is 1.13 bits per heavy atom. The van der Waals surface area contributed by atoms with E-state index in [0.717, 1.165) is 10.2 Å². The van der Waals surface area contributed by atoms with E-state index in [4.69, 9.17) is 9.47 Å². The molecule has 166 valence electrons. The minimum Gasteiger partial charge on any atom is -0.451 e. The summed E-state index contributed by atoms with van der Waals surface area (Å²) in [5, 5.41) is -0.593. The van der Waals surface area contributed by atoms with Crippen LogP contribution in [-0.2, 0) is 20.3 Å². The van der Waals surface area contributed by atoms with Crippen molar-refractivity contribution in [2.24, 2.45) is 0 Å². The zero-order valence-corrected chi connectivity index (χ0v) is 20.3. The number of aromatic nitrogens is 1. The van der Waals surface area contributed by atoms with Gasteiger partial charge in [0.2, 0.25) is 0 Å². The van der Waals surface area contributed by atoms with Crippen LogP contribution < -0.4 is 5.43 Å². The lowest BCUT2D eigenvalue weighted by Gasteiger charge is -2.25. The molecular formula is C19H27N3O5S3. The monoisotopic (exact) mass is 473 g/mol. The number of hydrogen-bond acceptors (Lipinski definition) is 9. The third kappa shape index (κ3) is 8.58. The molecule has 2 rings (SSSR count). The zero-order valence-electron chi connectivity index (χ0n) is 17.9. The van der Waals surface area contributed by atoms with Gasteiger partial charge in [-0.2, -0.15) is 4.41 Å². The van der Waals surface area contributed by atoms with E-state index in [1.54, 1.807) is 41.5 Å². The van der Waals surface area contributed by atoms with Crippen LogP contribution in [0.15, 0.2) is 28.6 Å². The molecule has 1 N–H and O–H groups in total. The molecule has 1 amide bonds. The first kappa shape index (κ1) is 24.6. The van der Waals surface area contributed by atoms with Crippen molar-refractivity contribution in [3.63, 3.8) is 0 Å². The van der Waals surface area contributed by atoms with Crippen LogP contribution in [0.4, 0.5) is 9.59 Å². The number of hydrazine groups is 1. The Kier molecular flexibility index (Phi) is 8.26. The molecule has 1 aromatic heterocycles. The van der Waals surface area contributed by atoms with E-state index in [-0.39, 0.29) is 12.3 Å². The number of carbonyl (C=O) groups excluding carboxylic acids is 2. The minimum absolute atomic E-state index is 0.117. The summed E-state index contributed by atoms with van der Waals surface area (Å²) in [6, 6.07) is 7.56. The molecule has 1 heterocycles. The smallest absolute Gasteiger partial charge is 0.423 e. The molecule has 0 aliphatic carbocycles. The first-order valence-corrected chi connectivity index (χ1v) is 12.2. The van der Waals surface area contributed by atoms with Gasteiger partial charge >= 0.3 is 11.4 Å². The van der Waals surface area contributed by atoms with Crippen LogP contribution in [-0.4, -0.2) is 48.5 Å². The average Bonchev–Trinajstić information content (AvgIpc) is 3.00. The number of rotatable bonds is 6. The Hall–Kier alpha value is -1.69. The van der Waals surface area contributed by atoms with Crippen LogP contribution >= 0.6 is 23.3 Å². The SMILES string of the molecule is CC(C)(C)OC(=O)NN(CCS(=O)c1nc2ccccc2s1)SC(=O)OC(C)(C)C. The number of carbonyl (C=O) groups is 2. The fraction of sp³-hybridized carbons (Fsp3) is 0.526. The zero-order chi connectivity index (χ0) is 22.5. The highest BCUT2D eigenvalue weighted by Crippen LogP contribution is 2.24. The summed E-state index contributed by atoms with van der Waals surface area (Å²) < 4.78 is 26.0. The lowest BCUT2D eigenvalue weighted by Crippen LogP contribution is -2.43. The van der Waals surface area contributed by atoms with Gasteiger partial charge in [-0.25, -0.2) is 20.0 Å². The van der Waals surface area contributed by atoms with Crippen molar-refractivity contribution >= 4 is 55.7 Å². The van der Waals surface area contributed by atoms with Crippen molar-refractivity contribution in [2.45, 2.75) is 57.1 Å². The van der Waals surface area contributed by atoms with E-state index in [0.29, 0.717) is 16.3 Å². The van der Waals surface area contributed by atoms with Crippen LogP contribution in [0.5, 0.6) is 0 Å². The van der Waals surface area contributed by atoms with E-state index in [9.17, 15) is 13.8 Å². The van der Waals surface area contributed by atoms with Crippen LogP contribution in [0.3, 0.4) is 0 Å². The van der Waals surface area contributed by atoms with E-state index in [1.165, 1.54) is 15.8 Å². The summed E-state index contributed by atoms with van der Waals surface area (Å²) in [6.45, 7) is 10.6. The molecule has 1 aromatic carbocycles. The molecule has 0 fully saturated rings. The maximum absolute atomic E-state index is 12.7. The quantitative estimate of drug-likeness (QED) is 0.365. The second kappa shape index (κ2) is 10.1. The predicted octanol–water partition coefficient (Wildman–Crippen LogP) is 4.73. The fourth-order valence-corrected chi connectivity index (χ4v) is 5.28. The fourth-order valence-electron chi connectivity index (χ4n) is 2.09. The topological polar surface area (TPSA) is 97.8 Å². The van der Waals surface area contributed by atoms with Crippen LogP contribution in [0.2, 0.25) is 0 Å². The van der Waals surface area contributed by atoms with Crippen molar-refractivity contribution in [1.82, 2.24) is 14.8 Å². The summed E-state index contributed by atoms with van der Waals surface area (Å²) in [4.78, 5) is 28.7. The number of para-hydroxylation sites is 1. The molecule has 2 aromatic rings. The van der Waals surface area contributed by atoms with Gasteiger partial charge in [-0.3, -0.25) is 4.21 Å². The van der Waals surface area contributed by atoms with Gasteiger partial charge in [0.05, 0.1) is 33.0 Å². The van der Waals surface area contributed by atoms with E-state index in [2.05, 4.69) is 10.4 Å². The van der Waals surface area contributed by atoms with E-state index < -0.39 is 33.4 Å². The van der Waals surface area contributed by atoms with Gasteiger partial charge in [0.25, 0.3) is 0 Å². The number of fused-ring (bicyclic) bond motifs is 1. The second-order valence-corrected chi connectivity index (χ2v) is 12.0.